The van der Waals surface area contributed by atoms with Gasteiger partial charge in [0.1, 0.15) is 0 Å². The molecule has 1 heterocycles. The van der Waals surface area contributed by atoms with Crippen LogP contribution >= 0.6 is 0 Å². The van der Waals surface area contributed by atoms with Crippen molar-refractivity contribution in [2.75, 3.05) is 26.7 Å². The largest absolute Gasteiger partial charge is 0.481 e. The third-order valence-electron chi connectivity index (χ3n) is 5.28. The predicted molar refractivity (Wildman–Crippen MR) is 80.2 cm³/mol. The van der Waals surface area contributed by atoms with E-state index in [1.165, 1.54) is 0 Å². The molecular formula is C15H27N3O3. The number of urea groups is 1. The van der Waals surface area contributed by atoms with Crippen LogP contribution in [0.3, 0.4) is 0 Å². The van der Waals surface area contributed by atoms with Crippen LogP contribution in [0, 0.1) is 5.41 Å². The van der Waals surface area contributed by atoms with Gasteiger partial charge in [-0.3, -0.25) is 9.69 Å². The van der Waals surface area contributed by atoms with Gasteiger partial charge in [-0.15, -0.1) is 0 Å². The summed E-state index contributed by atoms with van der Waals surface area (Å²) >= 11 is 0. The van der Waals surface area contributed by atoms with Crippen molar-refractivity contribution >= 4 is 12.0 Å². The molecule has 1 saturated carbocycles. The Balaban J connectivity index is 1.97. The van der Waals surface area contributed by atoms with E-state index in [0.29, 0.717) is 19.0 Å². The molecule has 1 saturated heterocycles. The molecule has 0 aromatic rings. The van der Waals surface area contributed by atoms with Gasteiger partial charge in [0.15, 0.2) is 0 Å². The zero-order valence-electron chi connectivity index (χ0n) is 13.3. The number of carbonyl (C=O) groups is 2. The van der Waals surface area contributed by atoms with Crippen LogP contribution in [0.2, 0.25) is 0 Å². The van der Waals surface area contributed by atoms with Gasteiger partial charge in [-0.2, -0.15) is 0 Å². The van der Waals surface area contributed by atoms with Crippen molar-refractivity contribution in [3.05, 3.63) is 0 Å². The Kier molecular flexibility index (Phi) is 4.76. The van der Waals surface area contributed by atoms with E-state index in [9.17, 15) is 14.7 Å². The summed E-state index contributed by atoms with van der Waals surface area (Å²) in [6, 6.07) is 0.0158. The van der Waals surface area contributed by atoms with Crippen LogP contribution in [-0.4, -0.2) is 65.7 Å². The second kappa shape index (κ2) is 6.22. The molecule has 2 rings (SSSR count). The van der Waals surface area contributed by atoms with Crippen molar-refractivity contribution in [1.82, 2.24) is 15.1 Å². The fourth-order valence-electron chi connectivity index (χ4n) is 3.47. The minimum Gasteiger partial charge on any atom is -0.481 e. The maximum Gasteiger partial charge on any atom is 0.317 e. The molecule has 0 aromatic carbocycles. The van der Waals surface area contributed by atoms with Crippen molar-refractivity contribution in [2.45, 2.75) is 51.6 Å². The topological polar surface area (TPSA) is 72.9 Å². The van der Waals surface area contributed by atoms with Gasteiger partial charge in [0, 0.05) is 31.7 Å². The third-order valence-corrected chi connectivity index (χ3v) is 5.28. The highest BCUT2D eigenvalue weighted by Gasteiger charge is 2.46. The summed E-state index contributed by atoms with van der Waals surface area (Å²) in [7, 11) is 2.09. The van der Waals surface area contributed by atoms with Crippen LogP contribution in [0.15, 0.2) is 0 Å². The zero-order valence-corrected chi connectivity index (χ0v) is 13.3. The van der Waals surface area contributed by atoms with E-state index in [1.807, 2.05) is 4.90 Å². The Morgan fingerprint density at radius 3 is 2.71 bits per heavy atom. The number of carboxylic acids is 1. The van der Waals surface area contributed by atoms with E-state index in [0.717, 1.165) is 32.4 Å². The average molecular weight is 297 g/mol. The molecule has 2 aliphatic rings. The van der Waals surface area contributed by atoms with Crippen LogP contribution in [0.4, 0.5) is 4.79 Å². The number of likely N-dealkylation sites (N-methyl/N-ethyl adjacent to an activating group) is 1. The summed E-state index contributed by atoms with van der Waals surface area (Å²) in [6.07, 6.45) is 3.25. The fourth-order valence-corrected chi connectivity index (χ4v) is 3.47. The summed E-state index contributed by atoms with van der Waals surface area (Å²) in [4.78, 5) is 28.0. The minimum atomic E-state index is -0.827. The monoisotopic (exact) mass is 297 g/mol. The van der Waals surface area contributed by atoms with Crippen LogP contribution < -0.4 is 5.32 Å². The third kappa shape index (κ3) is 3.15. The molecule has 0 aromatic heterocycles. The number of carbonyl (C=O) groups excluding carboxylic acids is 1. The summed E-state index contributed by atoms with van der Waals surface area (Å²) in [5.74, 6) is -0.810. The standard InChI is InChI=1S/C15H27N3O3/c1-4-11-10-18(9-8-17(11)3)14(21)16-12-6-5-7-15(12,2)13(19)20/h11-12H,4-10H2,1-3H3,(H,16,21)(H,19,20). The van der Waals surface area contributed by atoms with Gasteiger partial charge >= 0.3 is 12.0 Å². The Hall–Kier alpha value is -1.30. The molecule has 1 aliphatic carbocycles. The molecule has 6 heteroatoms. The normalized spacial score (nSPS) is 34.0. The highest BCUT2D eigenvalue weighted by atomic mass is 16.4. The van der Waals surface area contributed by atoms with Gasteiger partial charge < -0.3 is 15.3 Å². The second-order valence-corrected chi connectivity index (χ2v) is 6.61. The summed E-state index contributed by atoms with van der Waals surface area (Å²) in [6.45, 7) is 6.16. The van der Waals surface area contributed by atoms with E-state index >= 15 is 0 Å². The number of amides is 2. The van der Waals surface area contributed by atoms with Gasteiger partial charge in [-0.05, 0) is 33.2 Å². The van der Waals surface area contributed by atoms with E-state index in [2.05, 4.69) is 24.2 Å². The van der Waals surface area contributed by atoms with Gasteiger partial charge in [-0.25, -0.2) is 4.79 Å². The average Bonchev–Trinajstić information content (AvgIpc) is 2.82. The van der Waals surface area contributed by atoms with Crippen LogP contribution in [0.5, 0.6) is 0 Å². The maximum absolute atomic E-state index is 12.4. The first-order chi connectivity index (χ1) is 9.88. The van der Waals surface area contributed by atoms with Crippen molar-refractivity contribution in [2.24, 2.45) is 5.41 Å². The van der Waals surface area contributed by atoms with Gasteiger partial charge in [0.25, 0.3) is 0 Å². The van der Waals surface area contributed by atoms with Gasteiger partial charge in [-0.1, -0.05) is 13.3 Å². The molecule has 120 valence electrons. The van der Waals surface area contributed by atoms with Crippen molar-refractivity contribution in [1.29, 1.82) is 0 Å². The quantitative estimate of drug-likeness (QED) is 0.825. The highest BCUT2D eigenvalue weighted by molar-refractivity contribution is 5.79. The maximum atomic E-state index is 12.4. The van der Waals surface area contributed by atoms with E-state index in [-0.39, 0.29) is 12.1 Å². The zero-order chi connectivity index (χ0) is 15.6. The molecule has 3 unspecified atom stereocenters. The molecule has 3 atom stereocenters. The van der Waals surface area contributed by atoms with Crippen LogP contribution in [0.1, 0.15) is 39.5 Å². The second-order valence-electron chi connectivity index (χ2n) is 6.61. The first-order valence-electron chi connectivity index (χ1n) is 7.87. The van der Waals surface area contributed by atoms with E-state index in [1.54, 1.807) is 6.92 Å². The lowest BCUT2D eigenvalue weighted by Gasteiger charge is -2.40. The van der Waals surface area contributed by atoms with Crippen LogP contribution in [0.25, 0.3) is 0 Å². The first-order valence-corrected chi connectivity index (χ1v) is 7.87. The SMILES string of the molecule is CCC1CN(C(=O)NC2CCCC2(C)C(=O)O)CCN1C. The molecule has 0 bridgehead atoms. The smallest absolute Gasteiger partial charge is 0.317 e. The Morgan fingerprint density at radius 1 is 1.38 bits per heavy atom. The Bertz CT molecular complexity index is 415. The lowest BCUT2D eigenvalue weighted by atomic mass is 9.85. The predicted octanol–water partition coefficient (Wildman–Crippen LogP) is 1.37. The van der Waals surface area contributed by atoms with E-state index in [4.69, 9.17) is 0 Å². The molecule has 1 aliphatic heterocycles. The van der Waals surface area contributed by atoms with Crippen LogP contribution in [-0.2, 0) is 4.79 Å². The Morgan fingerprint density at radius 2 is 2.10 bits per heavy atom. The summed E-state index contributed by atoms with van der Waals surface area (Å²) < 4.78 is 0. The number of nitrogens with zero attached hydrogens (tertiary/aromatic N) is 2. The van der Waals surface area contributed by atoms with Gasteiger partial charge in [0.2, 0.25) is 0 Å². The van der Waals surface area contributed by atoms with Crippen molar-refractivity contribution < 1.29 is 14.7 Å². The number of rotatable bonds is 3. The number of piperazine rings is 1. The summed E-state index contributed by atoms with van der Waals surface area (Å²) in [5, 5.41) is 12.4. The number of aliphatic carboxylic acids is 1. The van der Waals surface area contributed by atoms with Crippen molar-refractivity contribution in [3.63, 3.8) is 0 Å². The highest BCUT2D eigenvalue weighted by Crippen LogP contribution is 2.38. The molecule has 2 amide bonds. The molecule has 21 heavy (non-hydrogen) atoms. The molecule has 0 radical (unpaired) electrons. The number of hydrogen-bond acceptors (Lipinski definition) is 3. The molecule has 6 nitrogen and oxygen atoms in total. The lowest BCUT2D eigenvalue weighted by Crippen LogP contribution is -2.58. The molecule has 2 fully saturated rings. The molecular weight excluding hydrogens is 270 g/mol. The molecule has 0 spiro atoms. The van der Waals surface area contributed by atoms with E-state index < -0.39 is 11.4 Å². The summed E-state index contributed by atoms with van der Waals surface area (Å²) in [5.41, 5.74) is -0.827. The Labute approximate surface area is 126 Å². The first kappa shape index (κ1) is 16.1. The molecule has 2 N–H and O–H groups in total. The number of carboxylic acid groups (broad SMARTS) is 1. The number of nitrogens with one attached hydrogen (secondary N) is 1. The minimum absolute atomic E-state index is 0.110. The lowest BCUT2D eigenvalue weighted by molar-refractivity contribution is -0.148. The fraction of sp³-hybridized carbons (Fsp3) is 0.867. The number of hydrogen-bond donors (Lipinski definition) is 2. The van der Waals surface area contributed by atoms with Crippen molar-refractivity contribution in [3.8, 4) is 0 Å². The van der Waals surface area contributed by atoms with Gasteiger partial charge in [0.05, 0.1) is 5.41 Å².